The second kappa shape index (κ2) is 7.29. The minimum atomic E-state index is 0.0232. The molecule has 0 N–H and O–H groups in total. The Morgan fingerprint density at radius 2 is 1.92 bits per heavy atom. The van der Waals surface area contributed by atoms with Gasteiger partial charge in [0.1, 0.15) is 17.9 Å². The maximum Gasteiger partial charge on any atom is 0.260 e. The molecule has 2 heterocycles. The number of piperazine rings is 1. The van der Waals surface area contributed by atoms with Crippen molar-refractivity contribution < 1.29 is 9.53 Å². The van der Waals surface area contributed by atoms with Crippen molar-refractivity contribution in [1.29, 1.82) is 0 Å². The quantitative estimate of drug-likeness (QED) is 0.858. The molecule has 6 nitrogen and oxygen atoms in total. The first-order valence-corrected chi connectivity index (χ1v) is 8.12. The molecule has 0 atom stereocenters. The Kier molecular flexibility index (Phi) is 4.93. The van der Waals surface area contributed by atoms with Crippen LogP contribution in [0.3, 0.4) is 0 Å². The van der Waals surface area contributed by atoms with Crippen LogP contribution in [-0.4, -0.2) is 53.6 Å². The van der Waals surface area contributed by atoms with Gasteiger partial charge in [0.05, 0.1) is 0 Å². The highest BCUT2D eigenvalue weighted by atomic mass is 16.5. The number of hydrogen-bond acceptors (Lipinski definition) is 5. The number of carbonyl (C=O) groups is 1. The first-order valence-electron chi connectivity index (χ1n) is 8.12. The second-order valence-electron chi connectivity index (χ2n) is 5.99. The first kappa shape index (κ1) is 16.2. The van der Waals surface area contributed by atoms with E-state index in [1.165, 1.54) is 0 Å². The molecule has 1 saturated heterocycles. The molecule has 3 rings (SSSR count). The van der Waals surface area contributed by atoms with Gasteiger partial charge in [-0.3, -0.25) is 4.79 Å². The van der Waals surface area contributed by atoms with Gasteiger partial charge in [-0.2, -0.15) is 0 Å². The summed E-state index contributed by atoms with van der Waals surface area (Å²) >= 11 is 0. The standard InChI is InChI=1S/C18H22N4O2/c1-14-4-3-5-16(10-14)24-12-18(23)22-8-6-21(7-9-22)17-11-15(2)19-13-20-17/h3-5,10-11,13H,6-9,12H2,1-2H3. The van der Waals surface area contributed by atoms with E-state index in [0.717, 1.165) is 35.9 Å². The number of carbonyl (C=O) groups excluding carboxylic acids is 1. The summed E-state index contributed by atoms with van der Waals surface area (Å²) in [5, 5.41) is 0. The van der Waals surface area contributed by atoms with Gasteiger partial charge in [-0.1, -0.05) is 12.1 Å². The number of aryl methyl sites for hydroxylation is 2. The van der Waals surface area contributed by atoms with Gasteiger partial charge in [0.25, 0.3) is 5.91 Å². The smallest absolute Gasteiger partial charge is 0.260 e. The summed E-state index contributed by atoms with van der Waals surface area (Å²) in [6.07, 6.45) is 1.58. The SMILES string of the molecule is Cc1cccc(OCC(=O)N2CCN(c3cc(C)ncn3)CC2)c1. The van der Waals surface area contributed by atoms with E-state index >= 15 is 0 Å². The number of anilines is 1. The maximum atomic E-state index is 12.3. The molecular formula is C18H22N4O2. The predicted octanol–water partition coefficient (Wildman–Crippen LogP) is 1.82. The molecule has 0 unspecified atom stereocenters. The number of hydrogen-bond donors (Lipinski definition) is 0. The molecule has 126 valence electrons. The number of aromatic nitrogens is 2. The summed E-state index contributed by atoms with van der Waals surface area (Å²) in [6, 6.07) is 9.71. The van der Waals surface area contributed by atoms with Gasteiger partial charge in [-0.15, -0.1) is 0 Å². The highest BCUT2D eigenvalue weighted by Gasteiger charge is 2.22. The Morgan fingerprint density at radius 1 is 1.12 bits per heavy atom. The Morgan fingerprint density at radius 3 is 2.62 bits per heavy atom. The van der Waals surface area contributed by atoms with Crippen molar-refractivity contribution in [2.24, 2.45) is 0 Å². The number of nitrogens with zero attached hydrogens (tertiary/aromatic N) is 4. The number of ether oxygens (including phenoxy) is 1. The summed E-state index contributed by atoms with van der Waals surface area (Å²) in [5.74, 6) is 1.68. The molecule has 0 bridgehead atoms. The highest BCUT2D eigenvalue weighted by molar-refractivity contribution is 5.78. The first-order chi connectivity index (χ1) is 11.6. The maximum absolute atomic E-state index is 12.3. The van der Waals surface area contributed by atoms with Crippen LogP contribution in [0.4, 0.5) is 5.82 Å². The zero-order chi connectivity index (χ0) is 16.9. The van der Waals surface area contributed by atoms with Gasteiger partial charge in [0, 0.05) is 37.9 Å². The molecule has 1 aromatic carbocycles. The van der Waals surface area contributed by atoms with Crippen molar-refractivity contribution >= 4 is 11.7 Å². The Bertz CT molecular complexity index is 712. The van der Waals surface area contributed by atoms with E-state index in [1.807, 2.05) is 49.1 Å². The minimum absolute atomic E-state index is 0.0232. The molecule has 0 radical (unpaired) electrons. The Labute approximate surface area is 142 Å². The van der Waals surface area contributed by atoms with E-state index < -0.39 is 0 Å². The zero-order valence-electron chi connectivity index (χ0n) is 14.1. The summed E-state index contributed by atoms with van der Waals surface area (Å²) in [5.41, 5.74) is 2.07. The van der Waals surface area contributed by atoms with Crippen LogP contribution < -0.4 is 9.64 Å². The van der Waals surface area contributed by atoms with Crippen LogP contribution in [0.2, 0.25) is 0 Å². The normalized spacial score (nSPS) is 14.6. The lowest BCUT2D eigenvalue weighted by atomic mass is 10.2. The van der Waals surface area contributed by atoms with E-state index in [4.69, 9.17) is 4.74 Å². The third-order valence-corrected chi connectivity index (χ3v) is 4.10. The molecule has 2 aromatic rings. The molecule has 6 heteroatoms. The van der Waals surface area contributed by atoms with Crippen molar-refractivity contribution in [3.8, 4) is 5.75 Å². The fourth-order valence-corrected chi connectivity index (χ4v) is 2.74. The van der Waals surface area contributed by atoms with Crippen LogP contribution >= 0.6 is 0 Å². The number of amides is 1. The minimum Gasteiger partial charge on any atom is -0.484 e. The fourth-order valence-electron chi connectivity index (χ4n) is 2.74. The van der Waals surface area contributed by atoms with Crippen LogP contribution in [0.5, 0.6) is 5.75 Å². The van der Waals surface area contributed by atoms with Crippen LogP contribution in [0.1, 0.15) is 11.3 Å². The summed E-state index contributed by atoms with van der Waals surface area (Å²) in [7, 11) is 0. The molecule has 1 aliphatic heterocycles. The average molecular weight is 326 g/mol. The third kappa shape index (κ3) is 4.01. The average Bonchev–Trinajstić information content (AvgIpc) is 2.60. The van der Waals surface area contributed by atoms with Crippen molar-refractivity contribution in [2.75, 3.05) is 37.7 Å². The molecular weight excluding hydrogens is 304 g/mol. The van der Waals surface area contributed by atoms with E-state index in [-0.39, 0.29) is 12.5 Å². The van der Waals surface area contributed by atoms with Gasteiger partial charge in [-0.05, 0) is 31.5 Å². The molecule has 0 saturated carbocycles. The lowest BCUT2D eigenvalue weighted by Gasteiger charge is -2.35. The van der Waals surface area contributed by atoms with E-state index in [9.17, 15) is 4.79 Å². The van der Waals surface area contributed by atoms with Crippen molar-refractivity contribution in [3.05, 3.63) is 47.9 Å². The summed E-state index contributed by atoms with van der Waals surface area (Å²) in [6.45, 7) is 6.93. The van der Waals surface area contributed by atoms with Crippen molar-refractivity contribution in [1.82, 2.24) is 14.9 Å². The van der Waals surface area contributed by atoms with Gasteiger partial charge >= 0.3 is 0 Å². The zero-order valence-corrected chi connectivity index (χ0v) is 14.1. The van der Waals surface area contributed by atoms with Gasteiger partial charge < -0.3 is 14.5 Å². The molecule has 24 heavy (non-hydrogen) atoms. The van der Waals surface area contributed by atoms with Gasteiger partial charge in [0.2, 0.25) is 0 Å². The van der Waals surface area contributed by atoms with Crippen LogP contribution in [-0.2, 0) is 4.79 Å². The lowest BCUT2D eigenvalue weighted by molar-refractivity contribution is -0.133. The monoisotopic (exact) mass is 326 g/mol. The van der Waals surface area contributed by atoms with E-state index in [1.54, 1.807) is 6.33 Å². The highest BCUT2D eigenvalue weighted by Crippen LogP contribution is 2.15. The van der Waals surface area contributed by atoms with Crippen LogP contribution in [0.25, 0.3) is 0 Å². The molecule has 0 aliphatic carbocycles. The molecule has 0 spiro atoms. The molecule has 1 fully saturated rings. The van der Waals surface area contributed by atoms with Crippen LogP contribution in [0.15, 0.2) is 36.7 Å². The Hall–Kier alpha value is -2.63. The summed E-state index contributed by atoms with van der Waals surface area (Å²) in [4.78, 5) is 24.8. The van der Waals surface area contributed by atoms with Crippen LogP contribution in [0, 0.1) is 13.8 Å². The second-order valence-corrected chi connectivity index (χ2v) is 5.99. The fraction of sp³-hybridized carbons (Fsp3) is 0.389. The van der Waals surface area contributed by atoms with E-state index in [2.05, 4.69) is 14.9 Å². The van der Waals surface area contributed by atoms with Crippen molar-refractivity contribution in [2.45, 2.75) is 13.8 Å². The van der Waals surface area contributed by atoms with E-state index in [0.29, 0.717) is 13.1 Å². The summed E-state index contributed by atoms with van der Waals surface area (Å²) < 4.78 is 5.60. The van der Waals surface area contributed by atoms with Crippen molar-refractivity contribution in [3.63, 3.8) is 0 Å². The lowest BCUT2D eigenvalue weighted by Crippen LogP contribution is -2.50. The molecule has 1 aromatic heterocycles. The number of benzene rings is 1. The van der Waals surface area contributed by atoms with Gasteiger partial charge in [-0.25, -0.2) is 9.97 Å². The van der Waals surface area contributed by atoms with Gasteiger partial charge in [0.15, 0.2) is 6.61 Å². The number of rotatable bonds is 4. The Balaban J connectivity index is 1.50. The third-order valence-electron chi connectivity index (χ3n) is 4.10. The molecule has 1 amide bonds. The largest absolute Gasteiger partial charge is 0.484 e. The topological polar surface area (TPSA) is 58.6 Å². The predicted molar refractivity (Wildman–Crippen MR) is 92.2 cm³/mol. The molecule has 1 aliphatic rings.